The average molecular weight is 361 g/mol. The van der Waals surface area contributed by atoms with Crippen molar-refractivity contribution in [3.63, 3.8) is 0 Å². The largest absolute Gasteiger partial charge is 0.276 e. The number of sulfonamides is 1. The molecule has 0 heterocycles. The summed E-state index contributed by atoms with van der Waals surface area (Å²) < 4.78 is 24.9. The van der Waals surface area contributed by atoms with Crippen molar-refractivity contribution in [3.8, 4) is 0 Å². The molecule has 0 aromatic heterocycles. The van der Waals surface area contributed by atoms with E-state index in [1.54, 1.807) is 52.0 Å². The maximum atomic E-state index is 12.4. The van der Waals surface area contributed by atoms with Gasteiger partial charge in [0.15, 0.2) is 0 Å². The molecule has 2 aromatic rings. The van der Waals surface area contributed by atoms with Gasteiger partial charge in [-0.15, -0.1) is 0 Å². The molecule has 8 heteroatoms. The molecule has 0 fully saturated rings. The molecule has 1 N–H and O–H groups in total. The maximum absolute atomic E-state index is 12.4. The number of nitrogens with zero attached hydrogens (tertiary/aromatic N) is 2. The van der Waals surface area contributed by atoms with Gasteiger partial charge >= 0.3 is 0 Å². The molecule has 2 rings (SSSR count). The molecule has 0 saturated carbocycles. The second-order valence-corrected chi connectivity index (χ2v) is 7.45. The van der Waals surface area contributed by atoms with Crippen LogP contribution in [0, 0.1) is 30.9 Å². The Kier molecular flexibility index (Phi) is 5.22. The van der Waals surface area contributed by atoms with Crippen molar-refractivity contribution >= 4 is 21.4 Å². The van der Waals surface area contributed by atoms with E-state index in [0.717, 1.165) is 5.56 Å². The molecular weight excluding hydrogens is 342 g/mol. The number of rotatable bonds is 5. The fourth-order valence-electron chi connectivity index (χ4n) is 2.27. The third-order valence-electron chi connectivity index (χ3n) is 3.79. The van der Waals surface area contributed by atoms with E-state index in [2.05, 4.69) is 9.93 Å². The number of hydrogen-bond donors (Lipinski definition) is 1. The number of aryl methyl sites for hydroxylation is 3. The molecule has 25 heavy (non-hydrogen) atoms. The number of nitro groups is 1. The Hall–Kier alpha value is -2.74. The van der Waals surface area contributed by atoms with Gasteiger partial charge in [-0.3, -0.25) is 10.1 Å². The first-order valence-corrected chi connectivity index (χ1v) is 8.99. The summed E-state index contributed by atoms with van der Waals surface area (Å²) in [5.41, 5.74) is 2.72. The summed E-state index contributed by atoms with van der Waals surface area (Å²) in [7, 11) is -3.82. The SMILES string of the molecule is C/C(=N/NS(=O)(=O)c1cc(C)ccc1C)c1ccc(C)c([N+](=O)[O-])c1. The van der Waals surface area contributed by atoms with Crippen LogP contribution in [0.3, 0.4) is 0 Å². The minimum absolute atomic E-state index is 0.0376. The van der Waals surface area contributed by atoms with Crippen LogP contribution in [0.2, 0.25) is 0 Å². The lowest BCUT2D eigenvalue weighted by Crippen LogP contribution is -2.21. The predicted octanol–water partition coefficient (Wildman–Crippen LogP) is 3.22. The highest BCUT2D eigenvalue weighted by molar-refractivity contribution is 7.89. The number of benzene rings is 2. The van der Waals surface area contributed by atoms with Gasteiger partial charge in [-0.25, -0.2) is 0 Å². The molecular formula is C17H19N3O4S. The Labute approximate surface area is 146 Å². The van der Waals surface area contributed by atoms with Crippen molar-refractivity contribution in [3.05, 3.63) is 68.8 Å². The summed E-state index contributed by atoms with van der Waals surface area (Å²) in [6.07, 6.45) is 0. The zero-order valence-corrected chi connectivity index (χ0v) is 15.2. The summed E-state index contributed by atoms with van der Waals surface area (Å²) in [6, 6.07) is 9.76. The molecule has 0 atom stereocenters. The molecule has 0 amide bonds. The van der Waals surface area contributed by atoms with Gasteiger partial charge in [0.25, 0.3) is 15.7 Å². The second kappa shape index (κ2) is 7.02. The predicted molar refractivity (Wildman–Crippen MR) is 96.3 cm³/mol. The van der Waals surface area contributed by atoms with Crippen LogP contribution in [-0.4, -0.2) is 19.1 Å². The summed E-state index contributed by atoms with van der Waals surface area (Å²) in [5.74, 6) is 0. The van der Waals surface area contributed by atoms with Crippen molar-refractivity contribution in [1.29, 1.82) is 0 Å². The molecule has 0 aliphatic rings. The zero-order chi connectivity index (χ0) is 18.8. The van der Waals surface area contributed by atoms with Crippen molar-refractivity contribution in [2.45, 2.75) is 32.6 Å². The number of hydrogen-bond acceptors (Lipinski definition) is 5. The van der Waals surface area contributed by atoms with Crippen LogP contribution in [0.25, 0.3) is 0 Å². The van der Waals surface area contributed by atoms with Crippen molar-refractivity contribution in [1.82, 2.24) is 4.83 Å². The molecule has 0 aliphatic heterocycles. The molecule has 0 spiro atoms. The highest BCUT2D eigenvalue weighted by Gasteiger charge is 2.17. The lowest BCUT2D eigenvalue weighted by atomic mass is 10.1. The van der Waals surface area contributed by atoms with Crippen LogP contribution >= 0.6 is 0 Å². The Morgan fingerprint density at radius 3 is 2.36 bits per heavy atom. The highest BCUT2D eigenvalue weighted by atomic mass is 32.2. The van der Waals surface area contributed by atoms with Gasteiger partial charge in [-0.05, 0) is 44.9 Å². The van der Waals surface area contributed by atoms with Crippen molar-refractivity contribution in [2.24, 2.45) is 5.10 Å². The number of nitro benzene ring substituents is 1. The van der Waals surface area contributed by atoms with Crippen LogP contribution < -0.4 is 4.83 Å². The maximum Gasteiger partial charge on any atom is 0.276 e. The van der Waals surface area contributed by atoms with E-state index in [4.69, 9.17) is 0 Å². The Balaban J connectivity index is 2.33. The third kappa shape index (κ3) is 4.21. The highest BCUT2D eigenvalue weighted by Crippen LogP contribution is 2.20. The van der Waals surface area contributed by atoms with E-state index < -0.39 is 14.9 Å². The van der Waals surface area contributed by atoms with Gasteiger partial charge in [0.05, 0.1) is 15.5 Å². The van der Waals surface area contributed by atoms with E-state index in [-0.39, 0.29) is 10.6 Å². The van der Waals surface area contributed by atoms with Gasteiger partial charge in [0.1, 0.15) is 0 Å². The first-order valence-electron chi connectivity index (χ1n) is 7.50. The van der Waals surface area contributed by atoms with E-state index in [1.165, 1.54) is 6.07 Å². The molecule has 0 saturated heterocycles. The molecule has 0 aliphatic carbocycles. The first-order chi connectivity index (χ1) is 11.6. The van der Waals surface area contributed by atoms with Gasteiger partial charge in [0, 0.05) is 17.2 Å². The van der Waals surface area contributed by atoms with E-state index >= 15 is 0 Å². The van der Waals surface area contributed by atoms with Crippen LogP contribution in [0.1, 0.15) is 29.2 Å². The van der Waals surface area contributed by atoms with Crippen LogP contribution in [0.4, 0.5) is 5.69 Å². The Bertz CT molecular complexity index is 966. The van der Waals surface area contributed by atoms with Crippen LogP contribution in [0.15, 0.2) is 46.4 Å². The smallest absolute Gasteiger partial charge is 0.258 e. The second-order valence-electron chi connectivity index (χ2n) is 5.82. The van der Waals surface area contributed by atoms with Crippen molar-refractivity contribution in [2.75, 3.05) is 0 Å². The van der Waals surface area contributed by atoms with Gasteiger partial charge in [0.2, 0.25) is 0 Å². The fourth-order valence-corrected chi connectivity index (χ4v) is 3.46. The Morgan fingerprint density at radius 2 is 1.72 bits per heavy atom. The number of nitrogens with one attached hydrogen (secondary N) is 1. The van der Waals surface area contributed by atoms with Gasteiger partial charge in [-0.2, -0.15) is 18.4 Å². The fraction of sp³-hybridized carbons (Fsp3) is 0.235. The molecule has 7 nitrogen and oxygen atoms in total. The van der Waals surface area contributed by atoms with Crippen LogP contribution in [0.5, 0.6) is 0 Å². The zero-order valence-electron chi connectivity index (χ0n) is 14.4. The lowest BCUT2D eigenvalue weighted by molar-refractivity contribution is -0.385. The summed E-state index contributed by atoms with van der Waals surface area (Å²) in [5, 5.41) is 14.9. The normalized spacial score (nSPS) is 12.1. The first kappa shape index (κ1) is 18.6. The average Bonchev–Trinajstić information content (AvgIpc) is 2.55. The molecule has 0 unspecified atom stereocenters. The van der Waals surface area contributed by atoms with E-state index in [9.17, 15) is 18.5 Å². The quantitative estimate of drug-likeness (QED) is 0.502. The summed E-state index contributed by atoms with van der Waals surface area (Å²) in [4.78, 5) is 12.9. The molecule has 0 bridgehead atoms. The topological polar surface area (TPSA) is 102 Å². The summed E-state index contributed by atoms with van der Waals surface area (Å²) >= 11 is 0. The van der Waals surface area contributed by atoms with E-state index in [1.807, 2.05) is 6.07 Å². The van der Waals surface area contributed by atoms with Crippen LogP contribution in [-0.2, 0) is 10.0 Å². The third-order valence-corrected chi connectivity index (χ3v) is 5.14. The van der Waals surface area contributed by atoms with E-state index in [0.29, 0.717) is 22.4 Å². The number of hydrazone groups is 1. The Morgan fingerprint density at radius 1 is 1.08 bits per heavy atom. The summed E-state index contributed by atoms with van der Waals surface area (Å²) in [6.45, 7) is 6.73. The minimum Gasteiger partial charge on any atom is -0.258 e. The monoisotopic (exact) mass is 361 g/mol. The minimum atomic E-state index is -3.82. The molecule has 132 valence electrons. The van der Waals surface area contributed by atoms with Gasteiger partial charge < -0.3 is 0 Å². The standard InChI is InChI=1S/C17H19N3O4S/c1-11-5-6-13(3)17(9-11)25(23,24)19-18-14(4)15-8-7-12(2)16(10-15)20(21)22/h5-10,19H,1-4H3/b18-14-. The van der Waals surface area contributed by atoms with Gasteiger partial charge in [-0.1, -0.05) is 24.3 Å². The lowest BCUT2D eigenvalue weighted by Gasteiger charge is -2.09. The molecule has 0 radical (unpaired) electrons. The van der Waals surface area contributed by atoms with Crippen molar-refractivity contribution < 1.29 is 13.3 Å². The molecule has 2 aromatic carbocycles.